The number of rotatable bonds is 3. The van der Waals surface area contributed by atoms with Crippen LogP contribution in [-0.2, 0) is 0 Å². The molecular weight excluding hydrogens is 252 g/mol. The minimum absolute atomic E-state index is 0.176. The molecule has 2 N–H and O–H groups in total. The van der Waals surface area contributed by atoms with Crippen molar-refractivity contribution in [2.45, 2.75) is 19.8 Å². The van der Waals surface area contributed by atoms with E-state index in [0.717, 1.165) is 5.69 Å². The topological polar surface area (TPSA) is 70.7 Å². The van der Waals surface area contributed by atoms with Gasteiger partial charge in [-0.15, -0.1) is 0 Å². The summed E-state index contributed by atoms with van der Waals surface area (Å²) in [6, 6.07) is 5.07. The Morgan fingerprint density at radius 3 is 2.89 bits per heavy atom. The first-order valence-corrected chi connectivity index (χ1v) is 5.93. The number of pyridine rings is 1. The number of H-pyrrole nitrogens is 1. The Morgan fingerprint density at radius 1 is 1.50 bits per heavy atom. The summed E-state index contributed by atoms with van der Waals surface area (Å²) in [7, 11) is 0. The van der Waals surface area contributed by atoms with Crippen molar-refractivity contribution in [2.24, 2.45) is 0 Å². The van der Waals surface area contributed by atoms with Gasteiger partial charge in [0.1, 0.15) is 5.15 Å². The van der Waals surface area contributed by atoms with Crippen LogP contribution in [0.2, 0.25) is 5.15 Å². The number of carbonyl (C=O) groups is 1. The lowest BCUT2D eigenvalue weighted by Crippen LogP contribution is -2.13. The molecule has 94 valence electrons. The molecule has 0 spiro atoms. The van der Waals surface area contributed by atoms with Gasteiger partial charge in [0.25, 0.3) is 5.91 Å². The predicted octanol–water partition coefficient (Wildman–Crippen LogP) is 2.83. The van der Waals surface area contributed by atoms with Crippen LogP contribution in [0.3, 0.4) is 0 Å². The van der Waals surface area contributed by atoms with Crippen molar-refractivity contribution >= 4 is 23.3 Å². The highest BCUT2D eigenvalue weighted by Crippen LogP contribution is 2.17. The number of aromatic amines is 1. The van der Waals surface area contributed by atoms with Gasteiger partial charge in [-0.2, -0.15) is 5.10 Å². The molecule has 2 aromatic rings. The molecule has 2 rings (SSSR count). The van der Waals surface area contributed by atoms with Gasteiger partial charge >= 0.3 is 0 Å². The van der Waals surface area contributed by atoms with Crippen molar-refractivity contribution in [3.63, 3.8) is 0 Å². The number of hydrogen-bond donors (Lipinski definition) is 2. The summed E-state index contributed by atoms with van der Waals surface area (Å²) in [5.41, 5.74) is 1.29. The number of aromatic nitrogens is 3. The summed E-state index contributed by atoms with van der Waals surface area (Å²) in [5.74, 6) is 0.476. The van der Waals surface area contributed by atoms with Crippen LogP contribution in [0.15, 0.2) is 24.4 Å². The molecule has 0 bridgehead atoms. The molecule has 2 heterocycles. The van der Waals surface area contributed by atoms with Crippen LogP contribution in [0.4, 0.5) is 5.82 Å². The summed E-state index contributed by atoms with van der Waals surface area (Å²) in [5, 5.41) is 9.72. The van der Waals surface area contributed by atoms with Gasteiger partial charge in [0, 0.05) is 18.0 Å². The van der Waals surface area contributed by atoms with Gasteiger partial charge in [-0.1, -0.05) is 25.4 Å². The molecule has 0 aliphatic heterocycles. The van der Waals surface area contributed by atoms with E-state index in [1.54, 1.807) is 18.2 Å². The second-order valence-corrected chi connectivity index (χ2v) is 4.52. The van der Waals surface area contributed by atoms with Crippen molar-refractivity contribution in [1.82, 2.24) is 15.2 Å². The molecule has 0 saturated heterocycles. The van der Waals surface area contributed by atoms with Crippen molar-refractivity contribution < 1.29 is 4.79 Å². The zero-order valence-corrected chi connectivity index (χ0v) is 10.8. The lowest BCUT2D eigenvalue weighted by atomic mass is 10.1. The molecule has 0 unspecified atom stereocenters. The minimum atomic E-state index is -0.324. The Hall–Kier alpha value is -1.88. The van der Waals surface area contributed by atoms with Gasteiger partial charge in [0.15, 0.2) is 5.82 Å². The number of carbonyl (C=O) groups excluding carboxylic acids is 1. The number of nitrogens with zero attached hydrogens (tertiary/aromatic N) is 2. The van der Waals surface area contributed by atoms with E-state index in [2.05, 4.69) is 20.5 Å². The van der Waals surface area contributed by atoms with Gasteiger partial charge in [0.05, 0.1) is 5.56 Å². The van der Waals surface area contributed by atoms with E-state index < -0.39 is 0 Å². The second kappa shape index (κ2) is 5.18. The van der Waals surface area contributed by atoms with Crippen LogP contribution in [0, 0.1) is 0 Å². The molecule has 0 radical (unpaired) electrons. The standard InChI is InChI=1S/C12H13ClN4O/c1-7(2)9-6-10(17-16-9)15-12(18)8-4-3-5-14-11(8)13/h3-7H,1-2H3,(H2,15,16,17,18). The normalized spacial score (nSPS) is 10.7. The summed E-state index contributed by atoms with van der Waals surface area (Å²) in [6.45, 7) is 4.08. The van der Waals surface area contributed by atoms with E-state index in [1.807, 2.05) is 13.8 Å². The van der Waals surface area contributed by atoms with Crippen LogP contribution < -0.4 is 5.32 Å². The quantitative estimate of drug-likeness (QED) is 0.838. The van der Waals surface area contributed by atoms with Crippen molar-refractivity contribution in [3.8, 4) is 0 Å². The van der Waals surface area contributed by atoms with Crippen LogP contribution in [0.25, 0.3) is 0 Å². The zero-order valence-electron chi connectivity index (χ0n) is 10.1. The molecule has 0 saturated carbocycles. The number of nitrogens with one attached hydrogen (secondary N) is 2. The first-order chi connectivity index (χ1) is 8.58. The smallest absolute Gasteiger partial charge is 0.259 e. The van der Waals surface area contributed by atoms with E-state index in [0.29, 0.717) is 17.3 Å². The summed E-state index contributed by atoms with van der Waals surface area (Å²) in [6.07, 6.45) is 1.53. The molecule has 2 aromatic heterocycles. The number of halogens is 1. The molecule has 0 fully saturated rings. The minimum Gasteiger partial charge on any atom is -0.305 e. The molecule has 6 heteroatoms. The number of hydrogen-bond acceptors (Lipinski definition) is 3. The molecule has 0 aliphatic carbocycles. The van der Waals surface area contributed by atoms with Crippen LogP contribution in [-0.4, -0.2) is 21.1 Å². The highest BCUT2D eigenvalue weighted by Gasteiger charge is 2.13. The van der Waals surface area contributed by atoms with Gasteiger partial charge in [-0.25, -0.2) is 4.98 Å². The first-order valence-electron chi connectivity index (χ1n) is 5.55. The molecule has 5 nitrogen and oxygen atoms in total. The van der Waals surface area contributed by atoms with Crippen LogP contribution in [0.1, 0.15) is 35.8 Å². The second-order valence-electron chi connectivity index (χ2n) is 4.16. The van der Waals surface area contributed by atoms with Gasteiger partial charge in [-0.3, -0.25) is 9.89 Å². The Labute approximate surface area is 110 Å². The molecular formula is C12H13ClN4O. The maximum absolute atomic E-state index is 11.9. The fraction of sp³-hybridized carbons (Fsp3) is 0.250. The average Bonchev–Trinajstić information content (AvgIpc) is 2.78. The van der Waals surface area contributed by atoms with Crippen LogP contribution in [0.5, 0.6) is 0 Å². The number of amides is 1. The van der Waals surface area contributed by atoms with Crippen LogP contribution >= 0.6 is 11.6 Å². The maximum atomic E-state index is 11.9. The molecule has 1 amide bonds. The maximum Gasteiger partial charge on any atom is 0.259 e. The third-order valence-electron chi connectivity index (χ3n) is 2.46. The molecule has 0 atom stereocenters. The van der Waals surface area contributed by atoms with E-state index in [4.69, 9.17) is 11.6 Å². The Balaban J connectivity index is 2.14. The third kappa shape index (κ3) is 2.68. The lowest BCUT2D eigenvalue weighted by Gasteiger charge is -2.02. The highest BCUT2D eigenvalue weighted by molar-refractivity contribution is 6.33. The monoisotopic (exact) mass is 264 g/mol. The van der Waals surface area contributed by atoms with E-state index in [-0.39, 0.29) is 11.1 Å². The summed E-state index contributed by atoms with van der Waals surface area (Å²) < 4.78 is 0. The molecule has 18 heavy (non-hydrogen) atoms. The van der Waals surface area contributed by atoms with Gasteiger partial charge in [-0.05, 0) is 18.1 Å². The summed E-state index contributed by atoms with van der Waals surface area (Å²) >= 11 is 5.84. The lowest BCUT2D eigenvalue weighted by molar-refractivity contribution is 0.102. The van der Waals surface area contributed by atoms with Crippen molar-refractivity contribution in [3.05, 3.63) is 40.8 Å². The van der Waals surface area contributed by atoms with E-state index >= 15 is 0 Å². The predicted molar refractivity (Wildman–Crippen MR) is 69.9 cm³/mol. The van der Waals surface area contributed by atoms with Crippen molar-refractivity contribution in [1.29, 1.82) is 0 Å². The third-order valence-corrected chi connectivity index (χ3v) is 2.77. The fourth-order valence-electron chi connectivity index (χ4n) is 1.44. The SMILES string of the molecule is CC(C)c1cc(NC(=O)c2cccnc2Cl)n[nH]1. The number of anilines is 1. The van der Waals surface area contributed by atoms with E-state index in [9.17, 15) is 4.79 Å². The average molecular weight is 265 g/mol. The van der Waals surface area contributed by atoms with Gasteiger partial charge in [0.2, 0.25) is 0 Å². The van der Waals surface area contributed by atoms with E-state index in [1.165, 1.54) is 6.20 Å². The first kappa shape index (κ1) is 12.6. The Kier molecular flexibility index (Phi) is 3.62. The molecule has 0 aliphatic rings. The fourth-order valence-corrected chi connectivity index (χ4v) is 1.64. The Bertz CT molecular complexity index is 565. The zero-order chi connectivity index (χ0) is 13.1. The largest absolute Gasteiger partial charge is 0.305 e. The van der Waals surface area contributed by atoms with Gasteiger partial charge < -0.3 is 5.32 Å². The Morgan fingerprint density at radius 2 is 2.28 bits per heavy atom. The van der Waals surface area contributed by atoms with Crippen molar-refractivity contribution in [2.75, 3.05) is 5.32 Å². The highest BCUT2D eigenvalue weighted by atomic mass is 35.5. The summed E-state index contributed by atoms with van der Waals surface area (Å²) in [4.78, 5) is 15.8. The molecule has 0 aromatic carbocycles.